The van der Waals surface area contributed by atoms with Crippen molar-refractivity contribution in [1.82, 2.24) is 24.6 Å². The van der Waals surface area contributed by atoms with E-state index in [4.69, 9.17) is 4.74 Å². The molecule has 0 N–H and O–H groups in total. The van der Waals surface area contributed by atoms with Crippen molar-refractivity contribution in [2.45, 2.75) is 12.8 Å². The van der Waals surface area contributed by atoms with Crippen LogP contribution in [0.1, 0.15) is 23.2 Å². The minimum atomic E-state index is 0.0639. The van der Waals surface area contributed by atoms with E-state index in [-0.39, 0.29) is 5.91 Å². The topological polar surface area (TPSA) is 73.1 Å². The lowest BCUT2D eigenvalue weighted by atomic mass is 9.97. The summed E-state index contributed by atoms with van der Waals surface area (Å²) in [5, 5.41) is 7.62. The molecule has 3 heterocycles. The first-order valence-corrected chi connectivity index (χ1v) is 9.08. The number of rotatable bonds is 5. The average molecular weight is 363 g/mol. The number of pyridine rings is 1. The molecule has 27 heavy (non-hydrogen) atoms. The molecular weight excluding hydrogens is 342 g/mol. The van der Waals surface area contributed by atoms with Crippen molar-refractivity contribution >= 4 is 5.91 Å². The SMILES string of the molecule is O=C(c1cccc(-n2cnnc2)c1)N1CCC(COc2ccccn2)CC1. The van der Waals surface area contributed by atoms with E-state index < -0.39 is 0 Å². The molecule has 0 radical (unpaired) electrons. The summed E-state index contributed by atoms with van der Waals surface area (Å²) < 4.78 is 7.54. The lowest BCUT2D eigenvalue weighted by Crippen LogP contribution is -2.39. The number of nitrogens with zero attached hydrogens (tertiary/aromatic N) is 5. The highest BCUT2D eigenvalue weighted by molar-refractivity contribution is 5.94. The van der Waals surface area contributed by atoms with Gasteiger partial charge in [0.25, 0.3) is 5.91 Å². The van der Waals surface area contributed by atoms with Gasteiger partial charge in [-0.2, -0.15) is 0 Å². The van der Waals surface area contributed by atoms with Crippen LogP contribution in [0, 0.1) is 5.92 Å². The summed E-state index contributed by atoms with van der Waals surface area (Å²) in [7, 11) is 0. The molecule has 0 spiro atoms. The van der Waals surface area contributed by atoms with Gasteiger partial charge in [-0.25, -0.2) is 4.98 Å². The van der Waals surface area contributed by atoms with Gasteiger partial charge >= 0.3 is 0 Å². The third-order valence-corrected chi connectivity index (χ3v) is 4.82. The van der Waals surface area contributed by atoms with Gasteiger partial charge in [-0.1, -0.05) is 12.1 Å². The van der Waals surface area contributed by atoms with Gasteiger partial charge < -0.3 is 9.64 Å². The second kappa shape index (κ2) is 7.99. The Kier molecular flexibility index (Phi) is 5.09. The van der Waals surface area contributed by atoms with Gasteiger partial charge in [0.2, 0.25) is 5.88 Å². The van der Waals surface area contributed by atoms with Crippen LogP contribution >= 0.6 is 0 Å². The van der Waals surface area contributed by atoms with Crippen LogP contribution in [-0.2, 0) is 0 Å². The van der Waals surface area contributed by atoms with E-state index >= 15 is 0 Å². The van der Waals surface area contributed by atoms with Crippen molar-refractivity contribution in [2.75, 3.05) is 19.7 Å². The molecule has 1 aliphatic heterocycles. The van der Waals surface area contributed by atoms with Crippen molar-refractivity contribution < 1.29 is 9.53 Å². The Bertz CT molecular complexity index is 874. The highest BCUT2D eigenvalue weighted by Gasteiger charge is 2.24. The summed E-state index contributed by atoms with van der Waals surface area (Å²) >= 11 is 0. The minimum absolute atomic E-state index is 0.0639. The predicted octanol–water partition coefficient (Wildman–Crippen LogP) is 2.59. The standard InChI is InChI=1S/C20H21N5O2/c26-20(17-4-3-5-18(12-17)25-14-22-23-15-25)24-10-7-16(8-11-24)13-27-19-6-1-2-9-21-19/h1-6,9,12,14-16H,7-8,10-11,13H2. The number of piperidine rings is 1. The molecule has 0 unspecified atom stereocenters. The number of benzene rings is 1. The molecule has 1 aliphatic rings. The second-order valence-corrected chi connectivity index (χ2v) is 6.63. The van der Waals surface area contributed by atoms with E-state index in [1.165, 1.54) is 0 Å². The number of carbonyl (C=O) groups is 1. The van der Waals surface area contributed by atoms with Crippen LogP contribution in [0.4, 0.5) is 0 Å². The molecule has 3 aromatic rings. The van der Waals surface area contributed by atoms with Crippen molar-refractivity contribution in [3.05, 3.63) is 66.9 Å². The number of likely N-dealkylation sites (tertiary alicyclic amines) is 1. The zero-order chi connectivity index (χ0) is 18.5. The number of carbonyl (C=O) groups excluding carboxylic acids is 1. The molecular formula is C20H21N5O2. The van der Waals surface area contributed by atoms with Crippen LogP contribution in [0.25, 0.3) is 5.69 Å². The summed E-state index contributed by atoms with van der Waals surface area (Å²) in [6, 6.07) is 13.2. The Morgan fingerprint density at radius 1 is 1.07 bits per heavy atom. The normalized spacial score (nSPS) is 14.9. The number of hydrogen-bond acceptors (Lipinski definition) is 5. The molecule has 7 heteroatoms. The summed E-state index contributed by atoms with van der Waals surface area (Å²) in [4.78, 5) is 18.9. The maximum absolute atomic E-state index is 12.9. The maximum Gasteiger partial charge on any atom is 0.253 e. The molecule has 0 bridgehead atoms. The Morgan fingerprint density at radius 3 is 2.63 bits per heavy atom. The van der Waals surface area contributed by atoms with Crippen LogP contribution in [0.5, 0.6) is 5.88 Å². The molecule has 0 aliphatic carbocycles. The van der Waals surface area contributed by atoms with E-state index in [9.17, 15) is 4.79 Å². The number of amides is 1. The van der Waals surface area contributed by atoms with Crippen molar-refractivity contribution in [3.8, 4) is 11.6 Å². The van der Waals surface area contributed by atoms with E-state index in [2.05, 4.69) is 15.2 Å². The van der Waals surface area contributed by atoms with Crippen LogP contribution in [-0.4, -0.2) is 50.3 Å². The molecule has 1 fully saturated rings. The minimum Gasteiger partial charge on any atom is -0.477 e. The number of hydrogen-bond donors (Lipinski definition) is 0. The molecule has 1 amide bonds. The fourth-order valence-corrected chi connectivity index (χ4v) is 3.25. The van der Waals surface area contributed by atoms with Crippen molar-refractivity contribution in [3.63, 3.8) is 0 Å². The number of aromatic nitrogens is 4. The molecule has 4 rings (SSSR count). The van der Waals surface area contributed by atoms with E-state index in [1.54, 1.807) is 23.4 Å². The first kappa shape index (κ1) is 17.2. The van der Waals surface area contributed by atoms with Gasteiger partial charge in [0.15, 0.2) is 0 Å². The maximum atomic E-state index is 12.9. The van der Waals surface area contributed by atoms with E-state index in [1.807, 2.05) is 47.4 Å². The van der Waals surface area contributed by atoms with Crippen LogP contribution in [0.2, 0.25) is 0 Å². The monoisotopic (exact) mass is 363 g/mol. The largest absolute Gasteiger partial charge is 0.477 e. The Balaban J connectivity index is 1.33. The van der Waals surface area contributed by atoms with Crippen molar-refractivity contribution in [2.24, 2.45) is 5.92 Å². The third-order valence-electron chi connectivity index (χ3n) is 4.82. The van der Waals surface area contributed by atoms with E-state index in [0.717, 1.165) is 31.6 Å². The Hall–Kier alpha value is -3.22. The summed E-state index contributed by atoms with van der Waals surface area (Å²) in [6.07, 6.45) is 6.84. The summed E-state index contributed by atoms with van der Waals surface area (Å²) in [5.41, 5.74) is 1.56. The van der Waals surface area contributed by atoms with Gasteiger partial charge in [0.1, 0.15) is 12.7 Å². The van der Waals surface area contributed by atoms with Gasteiger partial charge in [0.05, 0.1) is 6.61 Å². The first-order chi connectivity index (χ1) is 13.3. The van der Waals surface area contributed by atoms with Gasteiger partial charge in [-0.3, -0.25) is 9.36 Å². The molecule has 138 valence electrons. The lowest BCUT2D eigenvalue weighted by Gasteiger charge is -2.32. The van der Waals surface area contributed by atoms with Gasteiger partial charge in [-0.15, -0.1) is 10.2 Å². The highest BCUT2D eigenvalue weighted by atomic mass is 16.5. The van der Waals surface area contributed by atoms with E-state index in [0.29, 0.717) is 24.0 Å². The molecule has 0 atom stereocenters. The molecule has 7 nitrogen and oxygen atoms in total. The fraction of sp³-hybridized carbons (Fsp3) is 0.300. The Labute approximate surface area is 157 Å². The quantitative estimate of drug-likeness (QED) is 0.697. The third kappa shape index (κ3) is 4.13. The summed E-state index contributed by atoms with van der Waals surface area (Å²) in [6.45, 7) is 2.13. The Morgan fingerprint density at radius 2 is 1.89 bits per heavy atom. The molecule has 2 aromatic heterocycles. The van der Waals surface area contributed by atoms with Crippen molar-refractivity contribution in [1.29, 1.82) is 0 Å². The van der Waals surface area contributed by atoms with Crippen LogP contribution in [0.3, 0.4) is 0 Å². The summed E-state index contributed by atoms with van der Waals surface area (Å²) in [5.74, 6) is 1.16. The average Bonchev–Trinajstić information content (AvgIpc) is 3.28. The molecule has 0 saturated carbocycles. The smallest absolute Gasteiger partial charge is 0.253 e. The lowest BCUT2D eigenvalue weighted by molar-refractivity contribution is 0.0659. The molecule has 1 saturated heterocycles. The number of ether oxygens (including phenoxy) is 1. The second-order valence-electron chi connectivity index (χ2n) is 6.63. The zero-order valence-corrected chi connectivity index (χ0v) is 14.9. The molecule has 1 aromatic carbocycles. The van der Waals surface area contributed by atoms with Crippen LogP contribution < -0.4 is 4.74 Å². The zero-order valence-electron chi connectivity index (χ0n) is 14.9. The van der Waals surface area contributed by atoms with Gasteiger partial charge in [0, 0.05) is 36.6 Å². The first-order valence-electron chi connectivity index (χ1n) is 9.08. The van der Waals surface area contributed by atoms with Gasteiger partial charge in [-0.05, 0) is 43.0 Å². The highest BCUT2D eigenvalue weighted by Crippen LogP contribution is 2.21. The predicted molar refractivity (Wildman–Crippen MR) is 99.7 cm³/mol. The van der Waals surface area contributed by atoms with Crippen LogP contribution in [0.15, 0.2) is 61.3 Å². The fourth-order valence-electron chi connectivity index (χ4n) is 3.25.